The van der Waals surface area contributed by atoms with E-state index in [9.17, 15) is 9.59 Å². The van der Waals surface area contributed by atoms with Gasteiger partial charge in [-0.05, 0) is 68.5 Å². The average molecular weight is 501 g/mol. The van der Waals surface area contributed by atoms with Gasteiger partial charge in [-0.3, -0.25) is 9.59 Å². The molecule has 1 aliphatic rings. The molecule has 2 aromatic rings. The van der Waals surface area contributed by atoms with Crippen molar-refractivity contribution in [2.75, 3.05) is 6.61 Å². The highest BCUT2D eigenvalue weighted by Gasteiger charge is 2.28. The normalized spacial score (nSPS) is 15.1. The molecular formula is C26H33BrN2O3. The smallest absolute Gasteiger partial charge is 0.261 e. The molecule has 1 unspecified atom stereocenters. The number of benzene rings is 2. The molecular weight excluding hydrogens is 468 g/mol. The first kappa shape index (κ1) is 24.3. The number of carbonyl (C=O) groups excluding carboxylic acids is 2. The molecule has 0 heterocycles. The molecule has 0 bridgehead atoms. The molecule has 1 fully saturated rings. The maximum absolute atomic E-state index is 13.2. The predicted octanol–water partition coefficient (Wildman–Crippen LogP) is 5.31. The minimum atomic E-state index is -0.592. The van der Waals surface area contributed by atoms with E-state index in [-0.39, 0.29) is 24.5 Å². The van der Waals surface area contributed by atoms with E-state index >= 15 is 0 Å². The zero-order valence-electron chi connectivity index (χ0n) is 19.2. The number of amides is 2. The third-order valence-corrected chi connectivity index (χ3v) is 6.55. The van der Waals surface area contributed by atoms with Gasteiger partial charge in [0.1, 0.15) is 11.8 Å². The van der Waals surface area contributed by atoms with Crippen molar-refractivity contribution in [2.45, 2.75) is 71.5 Å². The molecule has 0 aliphatic heterocycles. The Labute approximate surface area is 199 Å². The second-order valence-corrected chi connectivity index (χ2v) is 9.64. The van der Waals surface area contributed by atoms with Crippen molar-refractivity contribution >= 4 is 27.7 Å². The van der Waals surface area contributed by atoms with Gasteiger partial charge < -0.3 is 15.0 Å². The second-order valence-electron chi connectivity index (χ2n) is 8.73. The monoisotopic (exact) mass is 500 g/mol. The average Bonchev–Trinajstić information content (AvgIpc) is 2.78. The number of rotatable bonds is 8. The van der Waals surface area contributed by atoms with Crippen LogP contribution in [0.3, 0.4) is 0 Å². The van der Waals surface area contributed by atoms with Gasteiger partial charge in [-0.15, -0.1) is 0 Å². The molecule has 1 aliphatic carbocycles. The van der Waals surface area contributed by atoms with Gasteiger partial charge in [0.2, 0.25) is 5.91 Å². The summed E-state index contributed by atoms with van der Waals surface area (Å²) in [7, 11) is 0. The highest BCUT2D eigenvalue weighted by Crippen LogP contribution is 2.21. The van der Waals surface area contributed by atoms with Gasteiger partial charge >= 0.3 is 0 Å². The van der Waals surface area contributed by atoms with E-state index in [2.05, 4.69) is 21.2 Å². The predicted molar refractivity (Wildman–Crippen MR) is 131 cm³/mol. The molecule has 0 radical (unpaired) electrons. The van der Waals surface area contributed by atoms with Gasteiger partial charge in [0, 0.05) is 17.1 Å². The number of hydrogen-bond acceptors (Lipinski definition) is 3. The van der Waals surface area contributed by atoms with Gasteiger partial charge in [0.15, 0.2) is 6.61 Å². The lowest BCUT2D eigenvalue weighted by molar-refractivity contribution is -0.142. The van der Waals surface area contributed by atoms with E-state index in [0.717, 1.165) is 46.8 Å². The Bertz CT molecular complexity index is 940. The number of carbonyl (C=O) groups is 2. The van der Waals surface area contributed by atoms with Crippen molar-refractivity contribution in [1.82, 2.24) is 10.2 Å². The van der Waals surface area contributed by atoms with E-state index in [1.807, 2.05) is 56.3 Å². The standard InChI is InChI=1S/C26H33BrN2O3/c1-18-12-13-19(2)24(14-18)32-17-25(30)29(16-21-8-7-9-22(27)15-21)20(3)26(31)28-23-10-5-4-6-11-23/h7-9,12-15,20,23H,4-6,10-11,16-17H2,1-3H3,(H,28,31). The summed E-state index contributed by atoms with van der Waals surface area (Å²) in [5.74, 6) is 0.379. The molecule has 1 atom stereocenters. The van der Waals surface area contributed by atoms with Crippen molar-refractivity contribution in [3.8, 4) is 5.75 Å². The number of aryl methyl sites for hydroxylation is 2. The number of ether oxygens (including phenoxy) is 1. The summed E-state index contributed by atoms with van der Waals surface area (Å²) in [5.41, 5.74) is 3.01. The van der Waals surface area contributed by atoms with E-state index in [1.165, 1.54) is 6.42 Å². The Balaban J connectivity index is 1.73. The number of halogens is 1. The summed E-state index contributed by atoms with van der Waals surface area (Å²) < 4.78 is 6.81. The molecule has 2 aromatic carbocycles. The molecule has 5 nitrogen and oxygen atoms in total. The fourth-order valence-corrected chi connectivity index (χ4v) is 4.52. The molecule has 3 rings (SSSR count). The van der Waals surface area contributed by atoms with Crippen LogP contribution in [0.5, 0.6) is 5.75 Å². The SMILES string of the molecule is Cc1ccc(C)c(OCC(=O)N(Cc2cccc(Br)c2)C(C)C(=O)NC2CCCCC2)c1. The first-order chi connectivity index (χ1) is 15.3. The van der Waals surface area contributed by atoms with Crippen molar-refractivity contribution in [3.63, 3.8) is 0 Å². The summed E-state index contributed by atoms with van der Waals surface area (Å²) in [4.78, 5) is 27.9. The number of nitrogens with one attached hydrogen (secondary N) is 1. The topological polar surface area (TPSA) is 58.6 Å². The minimum Gasteiger partial charge on any atom is -0.483 e. The lowest BCUT2D eigenvalue weighted by Crippen LogP contribution is -2.51. The maximum Gasteiger partial charge on any atom is 0.261 e. The van der Waals surface area contributed by atoms with Crippen LogP contribution >= 0.6 is 15.9 Å². The van der Waals surface area contributed by atoms with E-state index < -0.39 is 6.04 Å². The van der Waals surface area contributed by atoms with Crippen LogP contribution in [0.4, 0.5) is 0 Å². The molecule has 0 spiro atoms. The van der Waals surface area contributed by atoms with Crippen LogP contribution in [0.1, 0.15) is 55.7 Å². The second kappa shape index (κ2) is 11.5. The van der Waals surface area contributed by atoms with Crippen LogP contribution in [0.25, 0.3) is 0 Å². The van der Waals surface area contributed by atoms with Gasteiger partial charge in [0.05, 0.1) is 0 Å². The Morgan fingerprint density at radius 3 is 2.59 bits per heavy atom. The summed E-state index contributed by atoms with van der Waals surface area (Å²) >= 11 is 3.49. The van der Waals surface area contributed by atoms with Crippen LogP contribution in [0.15, 0.2) is 46.9 Å². The lowest BCUT2D eigenvalue weighted by Gasteiger charge is -2.31. The van der Waals surface area contributed by atoms with Crippen molar-refractivity contribution in [2.24, 2.45) is 0 Å². The van der Waals surface area contributed by atoms with Crippen molar-refractivity contribution < 1.29 is 14.3 Å². The fraction of sp³-hybridized carbons (Fsp3) is 0.462. The molecule has 32 heavy (non-hydrogen) atoms. The quantitative estimate of drug-likeness (QED) is 0.534. The Morgan fingerprint density at radius 1 is 1.12 bits per heavy atom. The van der Waals surface area contributed by atoms with Gasteiger partial charge in [-0.1, -0.05) is 59.5 Å². The maximum atomic E-state index is 13.2. The first-order valence-electron chi connectivity index (χ1n) is 11.4. The van der Waals surface area contributed by atoms with Gasteiger partial charge in [-0.25, -0.2) is 0 Å². The van der Waals surface area contributed by atoms with E-state index in [1.54, 1.807) is 11.8 Å². The number of nitrogens with zero attached hydrogens (tertiary/aromatic N) is 1. The zero-order valence-corrected chi connectivity index (χ0v) is 20.8. The summed E-state index contributed by atoms with van der Waals surface area (Å²) in [6.45, 7) is 5.98. The van der Waals surface area contributed by atoms with Gasteiger partial charge in [-0.2, -0.15) is 0 Å². The molecule has 1 N–H and O–H groups in total. The summed E-state index contributed by atoms with van der Waals surface area (Å²) in [6.07, 6.45) is 5.53. The fourth-order valence-electron chi connectivity index (χ4n) is 4.07. The Morgan fingerprint density at radius 2 is 1.88 bits per heavy atom. The highest BCUT2D eigenvalue weighted by molar-refractivity contribution is 9.10. The molecule has 172 valence electrons. The molecule has 6 heteroatoms. The van der Waals surface area contributed by atoms with Crippen LogP contribution in [0.2, 0.25) is 0 Å². The molecule has 1 saturated carbocycles. The zero-order chi connectivity index (χ0) is 23.1. The Hall–Kier alpha value is -2.34. The lowest BCUT2D eigenvalue weighted by atomic mass is 9.95. The van der Waals surface area contributed by atoms with E-state index in [0.29, 0.717) is 12.3 Å². The van der Waals surface area contributed by atoms with Crippen LogP contribution in [-0.4, -0.2) is 35.4 Å². The third kappa shape index (κ3) is 6.83. The van der Waals surface area contributed by atoms with Gasteiger partial charge in [0.25, 0.3) is 5.91 Å². The van der Waals surface area contributed by atoms with Crippen LogP contribution in [-0.2, 0) is 16.1 Å². The molecule has 2 amide bonds. The minimum absolute atomic E-state index is 0.105. The van der Waals surface area contributed by atoms with E-state index in [4.69, 9.17) is 4.74 Å². The first-order valence-corrected chi connectivity index (χ1v) is 12.2. The summed E-state index contributed by atoms with van der Waals surface area (Å²) in [5, 5.41) is 3.16. The van der Waals surface area contributed by atoms with Crippen molar-refractivity contribution in [1.29, 1.82) is 0 Å². The largest absolute Gasteiger partial charge is 0.483 e. The molecule has 0 saturated heterocycles. The number of hydrogen-bond donors (Lipinski definition) is 1. The van der Waals surface area contributed by atoms with Crippen LogP contribution in [0, 0.1) is 13.8 Å². The van der Waals surface area contributed by atoms with Crippen molar-refractivity contribution in [3.05, 3.63) is 63.6 Å². The van der Waals surface area contributed by atoms with Crippen LogP contribution < -0.4 is 10.1 Å². The highest BCUT2D eigenvalue weighted by atomic mass is 79.9. The third-order valence-electron chi connectivity index (χ3n) is 6.06. The molecule has 0 aromatic heterocycles. The Kier molecular flexibility index (Phi) is 8.74. The summed E-state index contributed by atoms with van der Waals surface area (Å²) in [6, 6.07) is 13.3.